The van der Waals surface area contributed by atoms with Gasteiger partial charge in [-0.1, -0.05) is 12.1 Å². The lowest BCUT2D eigenvalue weighted by Crippen LogP contribution is -2.25. The molecule has 2 aliphatic rings. The van der Waals surface area contributed by atoms with Crippen LogP contribution in [-0.4, -0.2) is 35.3 Å². The van der Waals surface area contributed by atoms with Gasteiger partial charge >= 0.3 is 0 Å². The molecule has 6 heteroatoms. The molecule has 28 heavy (non-hydrogen) atoms. The Morgan fingerprint density at radius 2 is 1.61 bits per heavy atom. The van der Waals surface area contributed by atoms with Gasteiger partial charge in [0.1, 0.15) is 0 Å². The lowest BCUT2D eigenvalue weighted by atomic mass is 9.89. The van der Waals surface area contributed by atoms with E-state index in [0.29, 0.717) is 29.9 Å². The number of allylic oxidation sites excluding steroid dienone is 2. The topological polar surface area (TPSA) is 70.4 Å². The van der Waals surface area contributed by atoms with Crippen molar-refractivity contribution >= 4 is 22.6 Å². The number of ketones is 2. The van der Waals surface area contributed by atoms with E-state index in [0.717, 1.165) is 36.8 Å². The average Bonchev–Trinajstić information content (AvgIpc) is 3.00. The molecule has 0 N–H and O–H groups in total. The molecule has 2 aliphatic carbocycles. The van der Waals surface area contributed by atoms with Crippen LogP contribution >= 0.6 is 0 Å². The fourth-order valence-corrected chi connectivity index (χ4v) is 4.29. The highest BCUT2D eigenvalue weighted by atomic mass is 16.5. The Kier molecular flexibility index (Phi) is 5.03. The van der Waals surface area contributed by atoms with Crippen LogP contribution in [0.3, 0.4) is 0 Å². The Labute approximate surface area is 163 Å². The molecule has 0 saturated carbocycles. The third kappa shape index (κ3) is 3.13. The van der Waals surface area contributed by atoms with Crippen molar-refractivity contribution in [2.24, 2.45) is 5.92 Å². The molecule has 2 aromatic rings. The molecule has 6 nitrogen and oxygen atoms in total. The van der Waals surface area contributed by atoms with Gasteiger partial charge in [-0.3, -0.25) is 9.59 Å². The number of methoxy groups -OCH3 is 2. The molecule has 1 aromatic carbocycles. The van der Waals surface area contributed by atoms with E-state index in [1.54, 1.807) is 0 Å². The first-order valence-corrected chi connectivity index (χ1v) is 9.67. The van der Waals surface area contributed by atoms with Gasteiger partial charge in [0.2, 0.25) is 23.1 Å². The van der Waals surface area contributed by atoms with Gasteiger partial charge in [0, 0.05) is 17.7 Å². The van der Waals surface area contributed by atoms with Crippen LogP contribution in [0.4, 0.5) is 0 Å². The molecule has 0 spiro atoms. The highest BCUT2D eigenvalue weighted by Crippen LogP contribution is 2.37. The van der Waals surface area contributed by atoms with E-state index in [2.05, 4.69) is 15.6 Å². The molecule has 146 valence electrons. The fourth-order valence-electron chi connectivity index (χ4n) is 4.29. The summed E-state index contributed by atoms with van der Waals surface area (Å²) in [5.41, 5.74) is 3.36. The minimum atomic E-state index is -0.199. The molecule has 0 bridgehead atoms. The summed E-state index contributed by atoms with van der Waals surface area (Å²) in [5, 5.41) is 0. The summed E-state index contributed by atoms with van der Waals surface area (Å²) < 4.78 is 12.5. The van der Waals surface area contributed by atoms with Crippen molar-refractivity contribution in [1.29, 1.82) is 0 Å². The first kappa shape index (κ1) is 18.5. The largest absolute Gasteiger partial charge is 0.489 e. The Morgan fingerprint density at radius 1 is 1.00 bits per heavy atom. The number of hydrogen-bond acceptors (Lipinski definition) is 5. The summed E-state index contributed by atoms with van der Waals surface area (Å²) in [6.07, 6.45) is 5.88. The lowest BCUT2D eigenvalue weighted by molar-refractivity contribution is -0.121. The van der Waals surface area contributed by atoms with E-state index in [9.17, 15) is 9.59 Å². The Balaban J connectivity index is 1.46. The maximum atomic E-state index is 12.8. The summed E-state index contributed by atoms with van der Waals surface area (Å²) in [6, 6.07) is 8.11. The molecule has 0 unspecified atom stereocenters. The molecule has 0 atom stereocenters. The van der Waals surface area contributed by atoms with E-state index in [1.165, 1.54) is 14.2 Å². The second kappa shape index (κ2) is 7.62. The van der Waals surface area contributed by atoms with Gasteiger partial charge in [-0.25, -0.2) is 4.98 Å². The minimum absolute atomic E-state index is 0.0367. The smallest absolute Gasteiger partial charge is 0.228 e. The van der Waals surface area contributed by atoms with E-state index in [4.69, 9.17) is 9.47 Å². The number of nitrogens with zero attached hydrogens (tertiary/aromatic N) is 2. The normalized spacial score (nSPS) is 18.5. The summed E-state index contributed by atoms with van der Waals surface area (Å²) in [5.74, 6) is 0.124. The van der Waals surface area contributed by atoms with Gasteiger partial charge in [-0.2, -0.15) is 0 Å². The van der Waals surface area contributed by atoms with Crippen LogP contribution in [0.5, 0.6) is 0 Å². The van der Waals surface area contributed by atoms with Crippen LogP contribution in [0.25, 0.3) is 11.0 Å². The molecular formula is C22H24N2O4. The van der Waals surface area contributed by atoms with Crippen molar-refractivity contribution in [3.05, 3.63) is 53.3 Å². The lowest BCUT2D eigenvalue weighted by Gasteiger charge is -2.20. The van der Waals surface area contributed by atoms with Crippen LogP contribution in [-0.2, 0) is 25.6 Å². The second-order valence-corrected chi connectivity index (χ2v) is 7.34. The maximum absolute atomic E-state index is 12.8. The summed E-state index contributed by atoms with van der Waals surface area (Å²) in [6.45, 7) is 0.878. The molecule has 0 amide bonds. The van der Waals surface area contributed by atoms with Gasteiger partial charge in [0.15, 0.2) is 0 Å². The van der Waals surface area contributed by atoms with Crippen molar-refractivity contribution in [2.75, 3.05) is 14.2 Å². The SMILES string of the molecule is COC1=C(OC)C(=O)C2=C(CCC(CCn3cnc4ccccc43)CC2)C1=O. The molecule has 1 heterocycles. The van der Waals surface area contributed by atoms with Gasteiger partial charge in [-0.05, 0) is 50.2 Å². The van der Waals surface area contributed by atoms with Crippen LogP contribution in [0.1, 0.15) is 32.1 Å². The number of benzene rings is 1. The number of imidazole rings is 1. The van der Waals surface area contributed by atoms with E-state index < -0.39 is 0 Å². The van der Waals surface area contributed by atoms with Gasteiger partial charge in [0.05, 0.1) is 31.6 Å². The van der Waals surface area contributed by atoms with Crippen molar-refractivity contribution < 1.29 is 19.1 Å². The zero-order valence-electron chi connectivity index (χ0n) is 16.2. The average molecular weight is 380 g/mol. The number of aromatic nitrogens is 2. The molecule has 1 aromatic heterocycles. The van der Waals surface area contributed by atoms with Crippen LogP contribution in [0.2, 0.25) is 0 Å². The van der Waals surface area contributed by atoms with Crippen LogP contribution in [0, 0.1) is 5.92 Å². The number of carbonyl (C=O) groups excluding carboxylic acids is 2. The number of Topliss-reactive ketones (excluding diaryl/α,β-unsaturated/α-hetero) is 2. The zero-order valence-corrected chi connectivity index (χ0v) is 16.2. The molecule has 0 radical (unpaired) electrons. The quantitative estimate of drug-likeness (QED) is 0.742. The van der Waals surface area contributed by atoms with Gasteiger partial charge in [-0.15, -0.1) is 0 Å². The molecular weight excluding hydrogens is 356 g/mol. The Hall–Kier alpha value is -2.89. The number of ether oxygens (including phenoxy) is 2. The number of carbonyl (C=O) groups is 2. The van der Waals surface area contributed by atoms with Crippen molar-refractivity contribution in [1.82, 2.24) is 9.55 Å². The number of aryl methyl sites for hydroxylation is 1. The van der Waals surface area contributed by atoms with E-state index >= 15 is 0 Å². The van der Waals surface area contributed by atoms with Gasteiger partial charge in [0.25, 0.3) is 0 Å². The third-order valence-electron chi connectivity index (χ3n) is 5.85. The van der Waals surface area contributed by atoms with Crippen molar-refractivity contribution in [2.45, 2.75) is 38.6 Å². The number of para-hydroxylation sites is 2. The van der Waals surface area contributed by atoms with Crippen LogP contribution in [0.15, 0.2) is 53.3 Å². The summed E-state index contributed by atoms with van der Waals surface area (Å²) in [4.78, 5) is 30.0. The summed E-state index contributed by atoms with van der Waals surface area (Å²) >= 11 is 0. The Morgan fingerprint density at radius 3 is 2.21 bits per heavy atom. The van der Waals surface area contributed by atoms with Gasteiger partial charge < -0.3 is 14.0 Å². The maximum Gasteiger partial charge on any atom is 0.228 e. The van der Waals surface area contributed by atoms with Crippen molar-refractivity contribution in [3.63, 3.8) is 0 Å². The second-order valence-electron chi connectivity index (χ2n) is 7.34. The summed E-state index contributed by atoms with van der Waals surface area (Å²) in [7, 11) is 2.81. The highest BCUT2D eigenvalue weighted by Gasteiger charge is 2.37. The molecule has 0 saturated heterocycles. The van der Waals surface area contributed by atoms with Crippen molar-refractivity contribution in [3.8, 4) is 0 Å². The first-order valence-electron chi connectivity index (χ1n) is 9.67. The predicted molar refractivity (Wildman–Crippen MR) is 104 cm³/mol. The molecule has 0 fully saturated rings. The standard InChI is InChI=1S/C22H24N2O4/c1-27-21-19(25)15-9-7-14(8-10-16(15)20(26)22(21)28-2)11-12-24-13-23-17-5-3-4-6-18(17)24/h3-6,13-14H,7-12H2,1-2H3. The van der Waals surface area contributed by atoms with Crippen LogP contribution < -0.4 is 0 Å². The van der Waals surface area contributed by atoms with E-state index in [1.807, 2.05) is 24.5 Å². The predicted octanol–water partition coefficient (Wildman–Crippen LogP) is 3.57. The monoisotopic (exact) mass is 380 g/mol. The minimum Gasteiger partial charge on any atom is -0.489 e. The number of rotatable bonds is 5. The first-order chi connectivity index (χ1) is 13.6. The zero-order chi connectivity index (χ0) is 19.7. The highest BCUT2D eigenvalue weighted by molar-refractivity contribution is 6.23. The molecule has 0 aliphatic heterocycles. The number of fused-ring (bicyclic) bond motifs is 1. The van der Waals surface area contributed by atoms with E-state index in [-0.39, 0.29) is 23.1 Å². The molecule has 4 rings (SSSR count). The fraction of sp³-hybridized carbons (Fsp3) is 0.409. The Bertz CT molecular complexity index is 959. The third-order valence-corrected chi connectivity index (χ3v) is 5.85. The number of hydrogen-bond donors (Lipinski definition) is 0.